The second-order valence-corrected chi connectivity index (χ2v) is 4.02. The van der Waals surface area contributed by atoms with Crippen LogP contribution in [0.4, 0.5) is 0 Å². The zero-order valence-electron chi connectivity index (χ0n) is 7.45. The first-order valence-electron chi connectivity index (χ1n) is 4.29. The van der Waals surface area contributed by atoms with Crippen LogP contribution in [0, 0.1) is 0 Å². The van der Waals surface area contributed by atoms with Crippen molar-refractivity contribution in [3.63, 3.8) is 0 Å². The van der Waals surface area contributed by atoms with Gasteiger partial charge in [0, 0.05) is 5.75 Å². The fraction of sp³-hybridized carbons (Fsp3) is 0.875. The summed E-state index contributed by atoms with van der Waals surface area (Å²) in [6.45, 7) is 2.21. The third kappa shape index (κ3) is 4.36. The molecule has 0 fully saturated rings. The number of nitrogens with two attached hydrogens (primary N) is 1. The van der Waals surface area contributed by atoms with Crippen LogP contribution in [0.1, 0.15) is 32.6 Å². The van der Waals surface area contributed by atoms with Gasteiger partial charge in [-0.1, -0.05) is 31.5 Å². The van der Waals surface area contributed by atoms with Gasteiger partial charge in [-0.05, 0) is 12.8 Å². The molecule has 72 valence electrons. The van der Waals surface area contributed by atoms with Crippen molar-refractivity contribution in [1.29, 1.82) is 0 Å². The standard InChI is InChI=1S/C8H16N2S.BrH/c1-2-3-4-7-5-6-11-8(9)10-7;/h7H,2-6H2,1H3,(H2,9,10);1H/t7-;/m0./s1. The summed E-state index contributed by atoms with van der Waals surface area (Å²) in [6.07, 6.45) is 4.98. The van der Waals surface area contributed by atoms with E-state index >= 15 is 0 Å². The summed E-state index contributed by atoms with van der Waals surface area (Å²) >= 11 is 1.68. The van der Waals surface area contributed by atoms with Crippen molar-refractivity contribution >= 4 is 33.9 Å². The van der Waals surface area contributed by atoms with Crippen LogP contribution in [0.5, 0.6) is 0 Å². The predicted octanol–water partition coefficient (Wildman–Crippen LogP) is 2.57. The minimum atomic E-state index is 0. The van der Waals surface area contributed by atoms with Crippen LogP contribution in [0.15, 0.2) is 4.99 Å². The molecule has 4 heteroatoms. The van der Waals surface area contributed by atoms with E-state index in [9.17, 15) is 0 Å². The van der Waals surface area contributed by atoms with Gasteiger partial charge in [0.2, 0.25) is 0 Å². The molecule has 1 aliphatic rings. The lowest BCUT2D eigenvalue weighted by Gasteiger charge is -2.17. The van der Waals surface area contributed by atoms with Gasteiger partial charge in [0.15, 0.2) is 5.17 Å². The molecule has 0 saturated heterocycles. The lowest BCUT2D eigenvalue weighted by atomic mass is 10.1. The zero-order chi connectivity index (χ0) is 8.10. The molecular formula is C8H17BrN2S. The number of thioether (sulfide) groups is 1. The van der Waals surface area contributed by atoms with Crippen molar-refractivity contribution in [2.45, 2.75) is 38.6 Å². The Kier molecular flexibility index (Phi) is 6.95. The third-order valence-corrected chi connectivity index (χ3v) is 2.74. The average Bonchev–Trinajstić information content (AvgIpc) is 2.01. The lowest BCUT2D eigenvalue weighted by molar-refractivity contribution is 0.566. The predicted molar refractivity (Wildman–Crippen MR) is 62.3 cm³/mol. The van der Waals surface area contributed by atoms with Gasteiger partial charge in [-0.2, -0.15) is 0 Å². The van der Waals surface area contributed by atoms with Crippen molar-refractivity contribution in [2.75, 3.05) is 5.75 Å². The summed E-state index contributed by atoms with van der Waals surface area (Å²) in [6, 6.07) is 0.524. The molecule has 2 nitrogen and oxygen atoms in total. The van der Waals surface area contributed by atoms with Gasteiger partial charge in [-0.15, -0.1) is 17.0 Å². The van der Waals surface area contributed by atoms with Crippen LogP contribution in [0.3, 0.4) is 0 Å². The summed E-state index contributed by atoms with van der Waals surface area (Å²) in [5.74, 6) is 1.16. The average molecular weight is 253 g/mol. The number of aliphatic imine (C=N–C) groups is 1. The Bertz CT molecular complexity index is 150. The van der Waals surface area contributed by atoms with E-state index in [4.69, 9.17) is 5.73 Å². The minimum Gasteiger partial charge on any atom is -0.379 e. The normalized spacial score (nSPS) is 22.8. The number of unbranched alkanes of at least 4 members (excludes halogenated alkanes) is 1. The van der Waals surface area contributed by atoms with Crippen molar-refractivity contribution in [3.8, 4) is 0 Å². The van der Waals surface area contributed by atoms with Crippen LogP contribution in [0.25, 0.3) is 0 Å². The Balaban J connectivity index is 0.00000121. The molecule has 0 aromatic rings. The highest BCUT2D eigenvalue weighted by atomic mass is 79.9. The van der Waals surface area contributed by atoms with E-state index in [2.05, 4.69) is 11.9 Å². The van der Waals surface area contributed by atoms with Crippen molar-refractivity contribution in [3.05, 3.63) is 0 Å². The molecule has 0 saturated carbocycles. The summed E-state index contributed by atoms with van der Waals surface area (Å²) < 4.78 is 0. The van der Waals surface area contributed by atoms with Crippen molar-refractivity contribution in [2.24, 2.45) is 10.7 Å². The van der Waals surface area contributed by atoms with E-state index < -0.39 is 0 Å². The molecule has 0 spiro atoms. The molecule has 0 aromatic carbocycles. The van der Waals surface area contributed by atoms with Gasteiger partial charge >= 0.3 is 0 Å². The molecular weight excluding hydrogens is 236 g/mol. The maximum absolute atomic E-state index is 5.61. The first-order chi connectivity index (χ1) is 5.33. The second kappa shape index (κ2) is 6.78. The highest BCUT2D eigenvalue weighted by Crippen LogP contribution is 2.18. The molecule has 0 unspecified atom stereocenters. The molecule has 1 heterocycles. The van der Waals surface area contributed by atoms with Crippen molar-refractivity contribution in [1.82, 2.24) is 0 Å². The highest BCUT2D eigenvalue weighted by Gasteiger charge is 2.12. The topological polar surface area (TPSA) is 38.4 Å². The quantitative estimate of drug-likeness (QED) is 0.839. The number of halogens is 1. The van der Waals surface area contributed by atoms with E-state index in [1.165, 1.54) is 25.7 Å². The third-order valence-electron chi connectivity index (χ3n) is 1.90. The van der Waals surface area contributed by atoms with E-state index in [0.717, 1.165) is 10.9 Å². The van der Waals surface area contributed by atoms with Gasteiger partial charge in [0.05, 0.1) is 6.04 Å². The smallest absolute Gasteiger partial charge is 0.154 e. The molecule has 0 bridgehead atoms. The molecule has 0 aromatic heterocycles. The molecule has 0 amide bonds. The number of hydrogen-bond acceptors (Lipinski definition) is 3. The molecule has 2 N–H and O–H groups in total. The van der Waals surface area contributed by atoms with Crippen LogP contribution in [-0.2, 0) is 0 Å². The van der Waals surface area contributed by atoms with Gasteiger partial charge in [-0.25, -0.2) is 0 Å². The summed E-state index contributed by atoms with van der Waals surface area (Å²) in [5, 5.41) is 0.789. The van der Waals surface area contributed by atoms with Crippen LogP contribution < -0.4 is 5.73 Å². The molecule has 1 rings (SSSR count). The fourth-order valence-corrected chi connectivity index (χ4v) is 2.05. The SMILES string of the molecule is Br.CCCC[C@H]1CCSC(N)=N1. The van der Waals surface area contributed by atoms with E-state index in [-0.39, 0.29) is 17.0 Å². The largest absolute Gasteiger partial charge is 0.379 e. The number of rotatable bonds is 3. The second-order valence-electron chi connectivity index (χ2n) is 2.90. The lowest BCUT2D eigenvalue weighted by Crippen LogP contribution is -2.20. The van der Waals surface area contributed by atoms with Gasteiger partial charge < -0.3 is 5.73 Å². The summed E-state index contributed by atoms with van der Waals surface area (Å²) in [4.78, 5) is 4.38. The summed E-state index contributed by atoms with van der Waals surface area (Å²) in [7, 11) is 0. The Morgan fingerprint density at radius 2 is 2.42 bits per heavy atom. The van der Waals surface area contributed by atoms with Crippen molar-refractivity contribution < 1.29 is 0 Å². The number of hydrogen-bond donors (Lipinski definition) is 1. The molecule has 12 heavy (non-hydrogen) atoms. The van der Waals surface area contributed by atoms with Gasteiger partial charge in [0.1, 0.15) is 0 Å². The molecule has 1 aliphatic heterocycles. The van der Waals surface area contributed by atoms with Crippen LogP contribution in [0.2, 0.25) is 0 Å². The van der Waals surface area contributed by atoms with Crippen LogP contribution in [-0.4, -0.2) is 17.0 Å². The van der Waals surface area contributed by atoms with Gasteiger partial charge in [-0.3, -0.25) is 4.99 Å². The number of amidine groups is 1. The Morgan fingerprint density at radius 3 is 3.00 bits per heavy atom. The maximum Gasteiger partial charge on any atom is 0.154 e. The zero-order valence-corrected chi connectivity index (χ0v) is 9.98. The molecule has 1 atom stereocenters. The van der Waals surface area contributed by atoms with Crippen LogP contribution >= 0.6 is 28.7 Å². The van der Waals surface area contributed by atoms with Gasteiger partial charge in [0.25, 0.3) is 0 Å². The summed E-state index contributed by atoms with van der Waals surface area (Å²) in [5.41, 5.74) is 5.61. The Labute approximate surface area is 89.2 Å². The molecule has 0 radical (unpaired) electrons. The van der Waals surface area contributed by atoms with E-state index in [0.29, 0.717) is 6.04 Å². The maximum atomic E-state index is 5.61. The fourth-order valence-electron chi connectivity index (χ4n) is 1.23. The number of nitrogens with zero attached hydrogens (tertiary/aromatic N) is 1. The Hall–Kier alpha value is 0.300. The van der Waals surface area contributed by atoms with E-state index in [1.54, 1.807) is 11.8 Å². The minimum absolute atomic E-state index is 0. The first kappa shape index (κ1) is 12.3. The van der Waals surface area contributed by atoms with E-state index in [1.807, 2.05) is 0 Å². The Morgan fingerprint density at radius 1 is 1.67 bits per heavy atom. The highest BCUT2D eigenvalue weighted by molar-refractivity contribution is 8.93. The monoisotopic (exact) mass is 252 g/mol. The first-order valence-corrected chi connectivity index (χ1v) is 5.27. The molecule has 0 aliphatic carbocycles.